The van der Waals surface area contributed by atoms with Crippen LogP contribution in [0.25, 0.3) is 0 Å². The molecule has 0 bridgehead atoms. The minimum Gasteiger partial charge on any atom is -0.449 e. The lowest BCUT2D eigenvalue weighted by atomic mass is 9.95. The molecule has 0 spiro atoms. The third-order valence-corrected chi connectivity index (χ3v) is 4.68. The van der Waals surface area contributed by atoms with Gasteiger partial charge < -0.3 is 4.74 Å². The van der Waals surface area contributed by atoms with E-state index in [-0.39, 0.29) is 5.56 Å². The number of nitrogens with zero attached hydrogens (tertiary/aromatic N) is 1. The van der Waals surface area contributed by atoms with Crippen molar-refractivity contribution in [3.8, 4) is 6.07 Å². The Balaban J connectivity index is 2.00. The topological polar surface area (TPSA) is 50.1 Å². The van der Waals surface area contributed by atoms with Crippen molar-refractivity contribution in [2.75, 3.05) is 0 Å². The molecular weight excluding hydrogens is 353 g/mol. The molecule has 0 heterocycles. The molecule has 2 atom stereocenters. The van der Waals surface area contributed by atoms with E-state index in [1.165, 1.54) is 18.2 Å². The van der Waals surface area contributed by atoms with Crippen molar-refractivity contribution in [2.24, 2.45) is 0 Å². The number of hydrogen-bond donors (Lipinski definition) is 0. The van der Waals surface area contributed by atoms with Gasteiger partial charge in [-0.3, -0.25) is 0 Å². The number of hydrogen-bond acceptors (Lipinski definition) is 3. The summed E-state index contributed by atoms with van der Waals surface area (Å²) in [6, 6.07) is 24.2. The number of nitriles is 1. The van der Waals surface area contributed by atoms with Crippen LogP contribution < -0.4 is 0 Å². The van der Waals surface area contributed by atoms with Crippen LogP contribution in [0.3, 0.4) is 0 Å². The Hall–Kier alpha value is -3.45. The summed E-state index contributed by atoms with van der Waals surface area (Å²) in [7, 11) is 0. The van der Waals surface area contributed by atoms with Crippen LogP contribution in [0.5, 0.6) is 0 Å². The molecule has 0 saturated heterocycles. The highest BCUT2D eigenvalue weighted by atomic mass is 19.1. The molecule has 0 aromatic heterocycles. The minimum absolute atomic E-state index is 0.0396. The Bertz CT molecular complexity index is 1010. The number of alkyl halides is 1. The zero-order chi connectivity index (χ0) is 20.1. The first kappa shape index (κ1) is 19.3. The summed E-state index contributed by atoms with van der Waals surface area (Å²) in [6.07, 6.45) is -0.816. The highest BCUT2D eigenvalue weighted by Gasteiger charge is 2.44. The molecule has 0 amide bonds. The highest BCUT2D eigenvalue weighted by molar-refractivity contribution is 5.85. The zero-order valence-electron chi connectivity index (χ0n) is 15.7. The lowest BCUT2D eigenvalue weighted by molar-refractivity contribution is -0.158. The van der Waals surface area contributed by atoms with Gasteiger partial charge in [-0.15, -0.1) is 0 Å². The predicted molar refractivity (Wildman–Crippen MR) is 105 cm³/mol. The van der Waals surface area contributed by atoms with Crippen LogP contribution in [0.4, 0.5) is 4.39 Å². The molecule has 3 aromatic carbocycles. The molecule has 4 heteroatoms. The summed E-state index contributed by atoms with van der Waals surface area (Å²) in [5.41, 5.74) is 0.326. The number of rotatable bonds is 5. The van der Waals surface area contributed by atoms with Crippen molar-refractivity contribution in [1.29, 1.82) is 5.26 Å². The van der Waals surface area contributed by atoms with Crippen LogP contribution in [0.1, 0.15) is 33.9 Å². The maximum atomic E-state index is 15.4. The fraction of sp³-hybridized carbons (Fsp3) is 0.167. The fourth-order valence-corrected chi connectivity index (χ4v) is 3.02. The van der Waals surface area contributed by atoms with E-state index < -0.39 is 17.7 Å². The molecule has 0 aliphatic carbocycles. The normalized spacial score (nSPS) is 13.8. The molecule has 3 nitrogen and oxygen atoms in total. The van der Waals surface area contributed by atoms with Gasteiger partial charge in [-0.1, -0.05) is 84.4 Å². The highest BCUT2D eigenvalue weighted by Crippen LogP contribution is 2.34. The smallest absolute Gasteiger partial charge is 0.364 e. The first-order valence-electron chi connectivity index (χ1n) is 8.94. The first-order valence-corrected chi connectivity index (χ1v) is 8.94. The molecule has 28 heavy (non-hydrogen) atoms. The van der Waals surface area contributed by atoms with Crippen molar-refractivity contribution in [2.45, 2.75) is 25.6 Å². The van der Waals surface area contributed by atoms with Crippen LogP contribution in [0.2, 0.25) is 0 Å². The number of carbonyl (C=O) groups excluding carboxylic acids is 1. The standard InChI is InChI=1S/C24H20FNO2/c1-17-12-14-20(15-13-17)24(25,16-26)23(27)28-22(19-9-4-3-5-10-19)21-11-7-6-8-18(21)2/h3-15,22H,1-2H3/t22-,24-/m0/s1. The van der Waals surface area contributed by atoms with Crippen molar-refractivity contribution >= 4 is 5.97 Å². The average molecular weight is 373 g/mol. The second-order valence-electron chi connectivity index (χ2n) is 6.69. The summed E-state index contributed by atoms with van der Waals surface area (Å²) < 4.78 is 21.0. The SMILES string of the molecule is Cc1ccc([C@@](F)(C#N)C(=O)O[C@@H](c2ccccc2)c2ccccc2C)cc1. The molecule has 3 aromatic rings. The van der Waals surface area contributed by atoms with E-state index in [2.05, 4.69) is 0 Å². The number of halogens is 1. The molecule has 0 radical (unpaired) electrons. The van der Waals surface area contributed by atoms with Crippen molar-refractivity contribution < 1.29 is 13.9 Å². The van der Waals surface area contributed by atoms with E-state index in [1.54, 1.807) is 12.1 Å². The third-order valence-electron chi connectivity index (χ3n) is 4.68. The molecule has 0 unspecified atom stereocenters. The summed E-state index contributed by atoms with van der Waals surface area (Å²) in [5.74, 6) is -1.23. The third kappa shape index (κ3) is 3.79. The average Bonchev–Trinajstić information content (AvgIpc) is 2.73. The van der Waals surface area contributed by atoms with E-state index >= 15 is 4.39 Å². The predicted octanol–water partition coefficient (Wildman–Crippen LogP) is 5.32. The Morgan fingerprint density at radius 2 is 1.57 bits per heavy atom. The van der Waals surface area contributed by atoms with Gasteiger partial charge in [0.15, 0.2) is 6.10 Å². The number of aryl methyl sites for hydroxylation is 2. The van der Waals surface area contributed by atoms with Crippen LogP contribution >= 0.6 is 0 Å². The number of esters is 1. The second kappa shape index (κ2) is 8.06. The lowest BCUT2D eigenvalue weighted by Gasteiger charge is -2.24. The Labute approximate surface area is 164 Å². The number of benzene rings is 3. The Morgan fingerprint density at radius 1 is 0.964 bits per heavy atom. The summed E-state index contributed by atoms with van der Waals surface area (Å²) >= 11 is 0. The van der Waals surface area contributed by atoms with Crippen molar-refractivity contribution in [3.63, 3.8) is 0 Å². The van der Waals surface area contributed by atoms with Gasteiger partial charge in [-0.2, -0.15) is 5.26 Å². The van der Waals surface area contributed by atoms with E-state index in [1.807, 2.05) is 68.4 Å². The van der Waals surface area contributed by atoms with Gasteiger partial charge in [0.1, 0.15) is 6.07 Å². The van der Waals surface area contributed by atoms with Gasteiger partial charge in [-0.05, 0) is 30.5 Å². The molecule has 0 aliphatic rings. The Kier molecular flexibility index (Phi) is 5.56. The molecule has 0 fully saturated rings. The first-order chi connectivity index (χ1) is 13.5. The Morgan fingerprint density at radius 3 is 2.18 bits per heavy atom. The maximum Gasteiger partial charge on any atom is 0.364 e. The monoisotopic (exact) mass is 373 g/mol. The number of ether oxygens (including phenoxy) is 1. The van der Waals surface area contributed by atoms with E-state index in [0.29, 0.717) is 5.56 Å². The second-order valence-corrected chi connectivity index (χ2v) is 6.69. The van der Waals surface area contributed by atoms with Gasteiger partial charge in [-0.25, -0.2) is 9.18 Å². The van der Waals surface area contributed by atoms with Gasteiger partial charge >= 0.3 is 11.6 Å². The van der Waals surface area contributed by atoms with Gasteiger partial charge in [0.2, 0.25) is 0 Å². The quantitative estimate of drug-likeness (QED) is 0.568. The summed E-state index contributed by atoms with van der Waals surface area (Å²) in [6.45, 7) is 3.74. The van der Waals surface area contributed by atoms with Crippen LogP contribution in [-0.4, -0.2) is 5.97 Å². The molecule has 140 valence electrons. The largest absolute Gasteiger partial charge is 0.449 e. The molecule has 0 aliphatic heterocycles. The van der Waals surface area contributed by atoms with Crippen LogP contribution in [0.15, 0.2) is 78.9 Å². The molecule has 0 saturated carbocycles. The van der Waals surface area contributed by atoms with Crippen LogP contribution in [-0.2, 0) is 15.2 Å². The van der Waals surface area contributed by atoms with Crippen molar-refractivity contribution in [3.05, 3.63) is 107 Å². The minimum atomic E-state index is -2.89. The maximum absolute atomic E-state index is 15.4. The molecule has 3 rings (SSSR count). The van der Waals surface area contributed by atoms with Gasteiger partial charge in [0.25, 0.3) is 0 Å². The summed E-state index contributed by atoms with van der Waals surface area (Å²) in [5, 5.41) is 9.46. The lowest BCUT2D eigenvalue weighted by Crippen LogP contribution is -2.33. The van der Waals surface area contributed by atoms with E-state index in [4.69, 9.17) is 4.74 Å². The van der Waals surface area contributed by atoms with Gasteiger partial charge in [0, 0.05) is 5.56 Å². The molecule has 0 N–H and O–H groups in total. The van der Waals surface area contributed by atoms with Crippen molar-refractivity contribution in [1.82, 2.24) is 0 Å². The van der Waals surface area contributed by atoms with E-state index in [0.717, 1.165) is 16.7 Å². The van der Waals surface area contributed by atoms with Gasteiger partial charge in [0.05, 0.1) is 0 Å². The molecular formula is C24H20FNO2. The summed E-state index contributed by atoms with van der Waals surface area (Å²) in [4.78, 5) is 12.8. The fourth-order valence-electron chi connectivity index (χ4n) is 3.02. The van der Waals surface area contributed by atoms with Crippen LogP contribution in [0, 0.1) is 25.2 Å². The zero-order valence-corrected chi connectivity index (χ0v) is 15.7. The van der Waals surface area contributed by atoms with E-state index in [9.17, 15) is 10.1 Å². The number of carbonyl (C=O) groups is 1.